The standard InChI is InChI=1S/C14H28N4O2.3ClH/c1-11(10-18-7-5-17(3)6-8-18)16-14(19)13-12(2)20-9-4-15-13;;;/h11-13,15H,4-10H2,1-3H3,(H,16,19);3*1H/t11?,12-,13+;;;/m1.../s1. The zero-order valence-corrected chi connectivity index (χ0v) is 16.6. The second-order valence-corrected chi connectivity index (χ2v) is 6.02. The van der Waals surface area contributed by atoms with Gasteiger partial charge < -0.3 is 20.3 Å². The predicted molar refractivity (Wildman–Crippen MR) is 100 cm³/mol. The van der Waals surface area contributed by atoms with Crippen LogP contribution in [-0.4, -0.2) is 86.8 Å². The Morgan fingerprint density at radius 3 is 2.43 bits per heavy atom. The van der Waals surface area contributed by atoms with Gasteiger partial charge in [0.1, 0.15) is 6.04 Å². The number of amides is 1. The number of piperazine rings is 1. The molecule has 0 bridgehead atoms. The lowest BCUT2D eigenvalue weighted by atomic mass is 10.1. The molecular weight excluding hydrogens is 363 g/mol. The fourth-order valence-electron chi connectivity index (χ4n) is 2.82. The topological polar surface area (TPSA) is 56.8 Å². The number of nitrogens with one attached hydrogen (secondary N) is 2. The summed E-state index contributed by atoms with van der Waals surface area (Å²) in [6.07, 6.45) is -0.0559. The van der Waals surface area contributed by atoms with Crippen LogP contribution in [0, 0.1) is 0 Å². The molecule has 0 aromatic carbocycles. The van der Waals surface area contributed by atoms with Gasteiger partial charge >= 0.3 is 0 Å². The normalized spacial score (nSPS) is 26.9. The van der Waals surface area contributed by atoms with Gasteiger partial charge in [0.25, 0.3) is 0 Å². The quantitative estimate of drug-likeness (QED) is 0.723. The van der Waals surface area contributed by atoms with Crippen LogP contribution >= 0.6 is 37.2 Å². The molecule has 1 amide bonds. The third-order valence-corrected chi connectivity index (χ3v) is 4.12. The number of hydrogen-bond donors (Lipinski definition) is 2. The minimum Gasteiger partial charge on any atom is -0.375 e. The number of carbonyl (C=O) groups excluding carboxylic acids is 1. The van der Waals surface area contributed by atoms with Crippen LogP contribution in [0.15, 0.2) is 0 Å². The average molecular weight is 394 g/mol. The molecule has 0 aromatic heterocycles. The zero-order chi connectivity index (χ0) is 14.5. The van der Waals surface area contributed by atoms with Crippen molar-refractivity contribution in [2.45, 2.75) is 32.0 Å². The Morgan fingerprint density at radius 1 is 1.26 bits per heavy atom. The first kappa shape index (κ1) is 25.4. The van der Waals surface area contributed by atoms with Crippen molar-refractivity contribution >= 4 is 43.1 Å². The van der Waals surface area contributed by atoms with Gasteiger partial charge in [0, 0.05) is 45.3 Å². The fraction of sp³-hybridized carbons (Fsp3) is 0.929. The summed E-state index contributed by atoms with van der Waals surface area (Å²) in [5.74, 6) is 0.0545. The molecule has 2 saturated heterocycles. The van der Waals surface area contributed by atoms with Crippen molar-refractivity contribution in [3.63, 3.8) is 0 Å². The molecule has 140 valence electrons. The van der Waals surface area contributed by atoms with E-state index in [-0.39, 0.29) is 61.3 Å². The summed E-state index contributed by atoms with van der Waals surface area (Å²) in [7, 11) is 2.15. The number of ether oxygens (including phenoxy) is 1. The van der Waals surface area contributed by atoms with Crippen molar-refractivity contribution in [1.82, 2.24) is 20.4 Å². The Hall–Kier alpha value is 0.180. The minimum atomic E-state index is -0.223. The molecule has 2 fully saturated rings. The van der Waals surface area contributed by atoms with E-state index in [4.69, 9.17) is 4.74 Å². The first-order valence-corrected chi connectivity index (χ1v) is 7.62. The number of morpholine rings is 1. The summed E-state index contributed by atoms with van der Waals surface area (Å²) in [4.78, 5) is 17.0. The van der Waals surface area contributed by atoms with E-state index in [1.807, 2.05) is 6.92 Å². The van der Waals surface area contributed by atoms with Crippen LogP contribution in [0.4, 0.5) is 0 Å². The molecule has 2 heterocycles. The third-order valence-electron chi connectivity index (χ3n) is 4.12. The fourth-order valence-corrected chi connectivity index (χ4v) is 2.82. The Kier molecular flexibility index (Phi) is 13.8. The molecule has 0 aliphatic carbocycles. The van der Waals surface area contributed by atoms with Crippen LogP contribution in [0.25, 0.3) is 0 Å². The lowest BCUT2D eigenvalue weighted by Gasteiger charge is -2.35. The van der Waals surface area contributed by atoms with Gasteiger partial charge in [-0.05, 0) is 20.9 Å². The van der Waals surface area contributed by atoms with Crippen LogP contribution in [0.5, 0.6) is 0 Å². The summed E-state index contributed by atoms with van der Waals surface area (Å²) in [5, 5.41) is 6.33. The molecule has 0 aromatic rings. The Balaban J connectivity index is 0. The molecule has 23 heavy (non-hydrogen) atoms. The van der Waals surface area contributed by atoms with Crippen LogP contribution in [0.2, 0.25) is 0 Å². The summed E-state index contributed by atoms with van der Waals surface area (Å²) in [6.45, 7) is 10.7. The highest BCUT2D eigenvalue weighted by Crippen LogP contribution is 2.05. The molecule has 3 atom stereocenters. The van der Waals surface area contributed by atoms with Gasteiger partial charge in [0.15, 0.2) is 0 Å². The predicted octanol–water partition coefficient (Wildman–Crippen LogP) is 0.381. The van der Waals surface area contributed by atoms with Gasteiger partial charge in [-0.2, -0.15) is 0 Å². The van der Waals surface area contributed by atoms with Crippen LogP contribution in [0.3, 0.4) is 0 Å². The molecule has 0 saturated carbocycles. The lowest BCUT2D eigenvalue weighted by molar-refractivity contribution is -0.129. The van der Waals surface area contributed by atoms with Crippen molar-refractivity contribution in [1.29, 1.82) is 0 Å². The van der Waals surface area contributed by atoms with Gasteiger partial charge in [-0.25, -0.2) is 0 Å². The van der Waals surface area contributed by atoms with E-state index >= 15 is 0 Å². The first-order chi connectivity index (χ1) is 9.56. The molecule has 0 radical (unpaired) electrons. The SMILES string of the molecule is CC(CN1CCN(C)CC1)NC(=O)[C@H]1NCCO[C@@H]1C.Cl.Cl.Cl. The Morgan fingerprint density at radius 2 is 1.87 bits per heavy atom. The second kappa shape index (κ2) is 12.5. The third kappa shape index (κ3) is 8.20. The van der Waals surface area contributed by atoms with Crippen molar-refractivity contribution in [2.24, 2.45) is 0 Å². The highest BCUT2D eigenvalue weighted by Gasteiger charge is 2.29. The molecule has 2 rings (SSSR count). The highest BCUT2D eigenvalue weighted by atomic mass is 35.5. The van der Waals surface area contributed by atoms with E-state index in [1.165, 1.54) is 0 Å². The number of likely N-dealkylation sites (N-methyl/N-ethyl adjacent to an activating group) is 1. The molecule has 2 aliphatic heterocycles. The molecular formula is C14H31Cl3N4O2. The van der Waals surface area contributed by atoms with Crippen molar-refractivity contribution in [2.75, 3.05) is 52.9 Å². The van der Waals surface area contributed by atoms with Gasteiger partial charge in [-0.1, -0.05) is 0 Å². The minimum absolute atomic E-state index is 0. The maximum atomic E-state index is 12.2. The maximum Gasteiger partial charge on any atom is 0.240 e. The van der Waals surface area contributed by atoms with E-state index in [9.17, 15) is 4.79 Å². The number of halogens is 3. The molecule has 9 heteroatoms. The van der Waals surface area contributed by atoms with E-state index in [0.29, 0.717) is 6.61 Å². The number of hydrogen-bond acceptors (Lipinski definition) is 5. The Labute approximate surface area is 158 Å². The first-order valence-electron chi connectivity index (χ1n) is 7.62. The highest BCUT2D eigenvalue weighted by molar-refractivity contribution is 5.86. The van der Waals surface area contributed by atoms with E-state index in [1.54, 1.807) is 0 Å². The second-order valence-electron chi connectivity index (χ2n) is 6.02. The average Bonchev–Trinajstić information content (AvgIpc) is 2.41. The van der Waals surface area contributed by atoms with E-state index < -0.39 is 0 Å². The largest absolute Gasteiger partial charge is 0.375 e. The summed E-state index contributed by atoms with van der Waals surface area (Å²) >= 11 is 0. The summed E-state index contributed by atoms with van der Waals surface area (Å²) < 4.78 is 5.52. The van der Waals surface area contributed by atoms with Gasteiger partial charge in [0.2, 0.25) is 5.91 Å². The Bertz CT molecular complexity index is 331. The molecule has 0 spiro atoms. The van der Waals surface area contributed by atoms with Crippen LogP contribution in [-0.2, 0) is 9.53 Å². The van der Waals surface area contributed by atoms with Crippen molar-refractivity contribution in [3.8, 4) is 0 Å². The van der Waals surface area contributed by atoms with Gasteiger partial charge in [-0.15, -0.1) is 37.2 Å². The van der Waals surface area contributed by atoms with Gasteiger partial charge in [0.05, 0.1) is 12.7 Å². The number of rotatable bonds is 4. The molecule has 6 nitrogen and oxygen atoms in total. The van der Waals surface area contributed by atoms with E-state index in [0.717, 1.165) is 39.3 Å². The molecule has 2 N–H and O–H groups in total. The summed E-state index contributed by atoms with van der Waals surface area (Å²) in [5.41, 5.74) is 0. The van der Waals surface area contributed by atoms with Crippen molar-refractivity contribution in [3.05, 3.63) is 0 Å². The zero-order valence-electron chi connectivity index (χ0n) is 14.1. The lowest BCUT2D eigenvalue weighted by Crippen LogP contribution is -2.58. The van der Waals surface area contributed by atoms with Crippen molar-refractivity contribution < 1.29 is 9.53 Å². The van der Waals surface area contributed by atoms with E-state index in [2.05, 4.69) is 34.4 Å². The monoisotopic (exact) mass is 392 g/mol. The number of carbonyl (C=O) groups is 1. The number of nitrogens with zero attached hydrogens (tertiary/aromatic N) is 2. The smallest absolute Gasteiger partial charge is 0.240 e. The van der Waals surface area contributed by atoms with Crippen LogP contribution < -0.4 is 10.6 Å². The maximum absolute atomic E-state index is 12.2. The van der Waals surface area contributed by atoms with Gasteiger partial charge in [-0.3, -0.25) is 9.69 Å². The molecule has 1 unspecified atom stereocenters. The molecule has 2 aliphatic rings. The van der Waals surface area contributed by atoms with Crippen LogP contribution in [0.1, 0.15) is 13.8 Å². The summed E-state index contributed by atoms with van der Waals surface area (Å²) in [6, 6.07) is -0.0551.